The van der Waals surface area contributed by atoms with Crippen LogP contribution in [0.25, 0.3) is 0 Å². The van der Waals surface area contributed by atoms with Gasteiger partial charge in [0.15, 0.2) is 0 Å². The topological polar surface area (TPSA) is 67.6 Å². The average molecular weight is 405 g/mol. The fraction of sp³-hybridized carbons (Fsp3) is 0.333. The summed E-state index contributed by atoms with van der Waals surface area (Å²) in [6.45, 7) is 6.60. The van der Waals surface area contributed by atoms with Crippen molar-refractivity contribution in [3.8, 4) is 5.75 Å². The van der Waals surface area contributed by atoms with E-state index in [0.29, 0.717) is 13.0 Å². The van der Waals surface area contributed by atoms with Crippen molar-refractivity contribution < 1.29 is 14.1 Å². The summed E-state index contributed by atoms with van der Waals surface area (Å²) >= 11 is 0. The number of nitrogens with one attached hydrogen (secondary N) is 1. The number of aryl methyl sites for hydroxylation is 2. The van der Waals surface area contributed by atoms with Gasteiger partial charge in [-0.1, -0.05) is 29.4 Å². The molecule has 0 radical (unpaired) electrons. The quantitative estimate of drug-likeness (QED) is 0.606. The first-order chi connectivity index (χ1) is 14.6. The Hall–Kier alpha value is -3.12. The van der Waals surface area contributed by atoms with E-state index in [1.165, 1.54) is 11.1 Å². The molecule has 0 unspecified atom stereocenters. The predicted octanol–water partition coefficient (Wildman–Crippen LogP) is 4.29. The van der Waals surface area contributed by atoms with Gasteiger partial charge in [0.25, 0.3) is 0 Å². The molecule has 2 heterocycles. The molecule has 1 N–H and O–H groups in total. The lowest BCUT2D eigenvalue weighted by Crippen LogP contribution is -2.23. The summed E-state index contributed by atoms with van der Waals surface area (Å²) in [4.78, 5) is 13.8. The van der Waals surface area contributed by atoms with E-state index < -0.39 is 0 Å². The molecule has 1 fully saturated rings. The minimum absolute atomic E-state index is 0.219. The van der Waals surface area contributed by atoms with Gasteiger partial charge in [-0.25, -0.2) is 0 Å². The number of carbonyl (C=O) groups excluding carboxylic acids is 1. The van der Waals surface area contributed by atoms with Gasteiger partial charge in [-0.2, -0.15) is 0 Å². The minimum Gasteiger partial charge on any atom is -0.489 e. The van der Waals surface area contributed by atoms with Gasteiger partial charge < -0.3 is 19.5 Å². The zero-order valence-corrected chi connectivity index (χ0v) is 17.5. The number of ether oxygens (including phenoxy) is 1. The van der Waals surface area contributed by atoms with Crippen LogP contribution in [-0.2, 0) is 24.5 Å². The van der Waals surface area contributed by atoms with E-state index in [9.17, 15) is 4.79 Å². The molecule has 1 aliphatic heterocycles. The van der Waals surface area contributed by atoms with Crippen LogP contribution in [-0.4, -0.2) is 17.6 Å². The Kier molecular flexibility index (Phi) is 6.14. The van der Waals surface area contributed by atoms with E-state index in [0.717, 1.165) is 54.5 Å². The summed E-state index contributed by atoms with van der Waals surface area (Å²) in [5.74, 6) is 1.84. The summed E-state index contributed by atoms with van der Waals surface area (Å²) in [5.41, 5.74) is 5.22. The summed E-state index contributed by atoms with van der Waals surface area (Å²) in [7, 11) is 0. The summed E-state index contributed by atoms with van der Waals surface area (Å²) in [6, 6.07) is 16.3. The number of hydrogen-bond donors (Lipinski definition) is 1. The predicted molar refractivity (Wildman–Crippen MR) is 115 cm³/mol. The van der Waals surface area contributed by atoms with Crippen LogP contribution in [0.2, 0.25) is 0 Å². The molecule has 0 spiro atoms. The van der Waals surface area contributed by atoms with E-state index in [1.54, 1.807) is 0 Å². The number of nitrogens with zero attached hydrogens (tertiary/aromatic N) is 2. The van der Waals surface area contributed by atoms with Crippen molar-refractivity contribution in [2.45, 2.75) is 46.4 Å². The molecule has 0 atom stereocenters. The number of aromatic nitrogens is 1. The smallest absolute Gasteiger partial charge is 0.227 e. The van der Waals surface area contributed by atoms with Crippen LogP contribution in [0.1, 0.15) is 41.0 Å². The molecule has 30 heavy (non-hydrogen) atoms. The molecule has 0 saturated carbocycles. The maximum absolute atomic E-state index is 12.0. The number of amides is 1. The van der Waals surface area contributed by atoms with Crippen LogP contribution in [0.3, 0.4) is 0 Å². The van der Waals surface area contributed by atoms with Crippen molar-refractivity contribution in [1.29, 1.82) is 0 Å². The monoisotopic (exact) mass is 405 g/mol. The molecular weight excluding hydrogens is 378 g/mol. The van der Waals surface area contributed by atoms with Gasteiger partial charge in [0.1, 0.15) is 18.1 Å². The van der Waals surface area contributed by atoms with Crippen LogP contribution in [0, 0.1) is 13.8 Å². The van der Waals surface area contributed by atoms with Gasteiger partial charge in [0, 0.05) is 31.7 Å². The highest BCUT2D eigenvalue weighted by Crippen LogP contribution is 2.22. The summed E-state index contributed by atoms with van der Waals surface area (Å²) in [6.07, 6.45) is 1.60. The molecular formula is C24H27N3O3. The van der Waals surface area contributed by atoms with Crippen LogP contribution >= 0.6 is 0 Å². The lowest BCUT2D eigenvalue weighted by atomic mass is 10.1. The van der Waals surface area contributed by atoms with Crippen molar-refractivity contribution >= 4 is 11.6 Å². The molecule has 0 bridgehead atoms. The fourth-order valence-corrected chi connectivity index (χ4v) is 3.67. The molecule has 1 saturated heterocycles. The van der Waals surface area contributed by atoms with Gasteiger partial charge in [0.2, 0.25) is 5.91 Å². The van der Waals surface area contributed by atoms with E-state index in [1.807, 2.05) is 43.0 Å². The van der Waals surface area contributed by atoms with Crippen LogP contribution < -0.4 is 15.0 Å². The highest BCUT2D eigenvalue weighted by atomic mass is 16.5. The van der Waals surface area contributed by atoms with E-state index in [-0.39, 0.29) is 5.91 Å². The van der Waals surface area contributed by atoms with Crippen molar-refractivity contribution in [3.63, 3.8) is 0 Å². The van der Waals surface area contributed by atoms with E-state index >= 15 is 0 Å². The first-order valence-electron chi connectivity index (χ1n) is 10.3. The fourth-order valence-electron chi connectivity index (χ4n) is 3.67. The molecule has 0 aliphatic carbocycles. The van der Waals surface area contributed by atoms with Crippen LogP contribution in [0.5, 0.6) is 5.75 Å². The molecule has 1 amide bonds. The van der Waals surface area contributed by atoms with Crippen LogP contribution in [0.4, 0.5) is 5.69 Å². The third kappa shape index (κ3) is 4.71. The number of anilines is 1. The third-order valence-corrected chi connectivity index (χ3v) is 5.44. The Morgan fingerprint density at radius 2 is 1.90 bits per heavy atom. The Balaban J connectivity index is 1.27. The largest absolute Gasteiger partial charge is 0.489 e. The Labute approximate surface area is 176 Å². The highest BCUT2D eigenvalue weighted by Gasteiger charge is 2.21. The first kappa shape index (κ1) is 20.2. The maximum Gasteiger partial charge on any atom is 0.227 e. The van der Waals surface area contributed by atoms with Gasteiger partial charge >= 0.3 is 0 Å². The SMILES string of the molecule is Cc1noc(C)c1COc1ccc(CNCc2cccc(N3CCCC3=O)c2)cc1. The Morgan fingerprint density at radius 3 is 2.60 bits per heavy atom. The van der Waals surface area contributed by atoms with Gasteiger partial charge in [-0.05, 0) is 55.7 Å². The standard InChI is InChI=1S/C24H27N3O3/c1-17-23(18(2)30-26-17)16-29-22-10-8-19(9-11-22)14-25-15-20-5-3-6-21(13-20)27-12-4-7-24(27)28/h3,5-6,8-11,13,25H,4,7,12,14-16H2,1-2H3. The van der Waals surface area contributed by atoms with Crippen molar-refractivity contribution in [2.75, 3.05) is 11.4 Å². The van der Waals surface area contributed by atoms with E-state index in [4.69, 9.17) is 9.26 Å². The number of hydrogen-bond acceptors (Lipinski definition) is 5. The normalized spacial score (nSPS) is 13.8. The number of rotatable bonds is 8. The van der Waals surface area contributed by atoms with E-state index in [2.05, 4.69) is 34.7 Å². The van der Waals surface area contributed by atoms with Crippen LogP contribution in [0.15, 0.2) is 53.1 Å². The maximum atomic E-state index is 12.0. The van der Waals surface area contributed by atoms with Gasteiger partial charge in [-0.15, -0.1) is 0 Å². The van der Waals surface area contributed by atoms with Crippen molar-refractivity contribution in [2.24, 2.45) is 0 Å². The molecule has 6 nitrogen and oxygen atoms in total. The molecule has 6 heteroatoms. The van der Waals surface area contributed by atoms with Gasteiger partial charge in [0.05, 0.1) is 11.3 Å². The molecule has 2 aromatic carbocycles. The lowest BCUT2D eigenvalue weighted by Gasteiger charge is -2.16. The Bertz CT molecular complexity index is 991. The Morgan fingerprint density at radius 1 is 1.10 bits per heavy atom. The van der Waals surface area contributed by atoms with Crippen molar-refractivity contribution in [3.05, 3.63) is 76.7 Å². The summed E-state index contributed by atoms with van der Waals surface area (Å²) in [5, 5.41) is 7.42. The average Bonchev–Trinajstić information content (AvgIpc) is 3.33. The molecule has 3 aromatic rings. The molecule has 1 aliphatic rings. The third-order valence-electron chi connectivity index (χ3n) is 5.44. The lowest BCUT2D eigenvalue weighted by molar-refractivity contribution is -0.117. The number of carbonyl (C=O) groups is 1. The zero-order chi connectivity index (χ0) is 20.9. The second-order valence-electron chi connectivity index (χ2n) is 7.66. The van der Waals surface area contributed by atoms with Gasteiger partial charge in [-0.3, -0.25) is 4.79 Å². The second-order valence-corrected chi connectivity index (χ2v) is 7.66. The van der Waals surface area contributed by atoms with Crippen molar-refractivity contribution in [1.82, 2.24) is 10.5 Å². The summed E-state index contributed by atoms with van der Waals surface area (Å²) < 4.78 is 11.0. The number of benzene rings is 2. The molecule has 156 valence electrons. The first-order valence-corrected chi connectivity index (χ1v) is 10.3. The highest BCUT2D eigenvalue weighted by molar-refractivity contribution is 5.95. The molecule has 4 rings (SSSR count). The zero-order valence-electron chi connectivity index (χ0n) is 17.5. The molecule has 1 aromatic heterocycles. The minimum atomic E-state index is 0.219. The second kappa shape index (κ2) is 9.13.